The predicted octanol–water partition coefficient (Wildman–Crippen LogP) is 8.76. The first-order valence-corrected chi connectivity index (χ1v) is 13.8. The molecule has 1 heterocycles. The Kier molecular flexibility index (Phi) is 5.94. The Morgan fingerprint density at radius 3 is 1.50 bits per heavy atom. The van der Waals surface area contributed by atoms with Crippen LogP contribution in [-0.4, -0.2) is 11.4 Å². The van der Waals surface area contributed by atoms with Gasteiger partial charge < -0.3 is 0 Å². The van der Waals surface area contributed by atoms with Gasteiger partial charge in [0.1, 0.15) is 0 Å². The van der Waals surface area contributed by atoms with Gasteiger partial charge in [0, 0.05) is 16.5 Å². The number of nitrogens with zero attached hydrogens (tertiary/aromatic N) is 2. The van der Waals surface area contributed by atoms with Crippen molar-refractivity contribution in [3.8, 4) is 0 Å². The molecule has 0 spiro atoms. The van der Waals surface area contributed by atoms with E-state index in [9.17, 15) is 0 Å². The molecule has 0 amide bonds. The zero-order valence-electron chi connectivity index (χ0n) is 21.5. The molecule has 38 heavy (non-hydrogen) atoms. The molecule has 0 radical (unpaired) electrons. The number of benzene rings is 5. The minimum atomic E-state index is 0.982. The molecular formula is C36H30N2. The van der Waals surface area contributed by atoms with Gasteiger partial charge in [0.05, 0.1) is 22.8 Å². The molecule has 2 heteroatoms. The SMILES string of the molecule is c1cc2cc(c1)CCCc1ccccc1N=C1C(=Nc3ccccc3CCC2)c2cccc3cccc1c23. The first-order chi connectivity index (χ1) is 18.8. The average molecular weight is 491 g/mol. The Bertz CT molecular complexity index is 1600. The highest BCUT2D eigenvalue weighted by atomic mass is 14.8. The van der Waals surface area contributed by atoms with E-state index in [0.717, 1.165) is 61.3 Å². The van der Waals surface area contributed by atoms with Crippen LogP contribution in [0.3, 0.4) is 0 Å². The third-order valence-corrected chi connectivity index (χ3v) is 7.90. The Morgan fingerprint density at radius 1 is 0.447 bits per heavy atom. The van der Waals surface area contributed by atoms with Crippen molar-refractivity contribution in [3.05, 3.63) is 143 Å². The first kappa shape index (κ1) is 22.9. The van der Waals surface area contributed by atoms with Crippen molar-refractivity contribution < 1.29 is 0 Å². The van der Waals surface area contributed by atoms with Crippen molar-refractivity contribution in [3.63, 3.8) is 0 Å². The highest BCUT2D eigenvalue weighted by Crippen LogP contribution is 2.35. The van der Waals surface area contributed by atoms with E-state index in [0.29, 0.717) is 0 Å². The molecule has 0 saturated heterocycles. The van der Waals surface area contributed by atoms with Gasteiger partial charge in [0.25, 0.3) is 0 Å². The van der Waals surface area contributed by atoms with Crippen LogP contribution in [-0.2, 0) is 25.7 Å². The number of fused-ring (bicyclic) bond motifs is 7. The molecule has 7 rings (SSSR count). The van der Waals surface area contributed by atoms with E-state index in [1.807, 2.05) is 0 Å². The Labute approximate surface area is 224 Å². The summed E-state index contributed by atoms with van der Waals surface area (Å²) < 4.78 is 0. The highest BCUT2D eigenvalue weighted by Gasteiger charge is 2.27. The lowest BCUT2D eigenvalue weighted by atomic mass is 9.98. The van der Waals surface area contributed by atoms with Crippen molar-refractivity contribution in [2.45, 2.75) is 38.5 Å². The van der Waals surface area contributed by atoms with Crippen LogP contribution in [0.15, 0.2) is 119 Å². The van der Waals surface area contributed by atoms with Gasteiger partial charge >= 0.3 is 0 Å². The van der Waals surface area contributed by atoms with E-state index in [4.69, 9.17) is 9.98 Å². The zero-order valence-corrected chi connectivity index (χ0v) is 21.5. The number of aliphatic imine (C=N–C) groups is 2. The average Bonchev–Trinajstić information content (AvgIpc) is 3.24. The number of aryl methyl sites for hydroxylation is 4. The van der Waals surface area contributed by atoms with E-state index in [1.165, 1.54) is 44.2 Å². The smallest absolute Gasteiger partial charge is 0.0978 e. The van der Waals surface area contributed by atoms with Crippen LogP contribution < -0.4 is 0 Å². The Hall–Kier alpha value is -4.30. The minimum absolute atomic E-state index is 0.982. The van der Waals surface area contributed by atoms with E-state index >= 15 is 0 Å². The standard InChI is InChI=1S/C36H30N2/c1-3-22-32-27(14-1)16-6-12-25-10-5-11-26(24-25)13-7-17-28-15-2-4-23-33(28)38-36-31-21-9-19-29-18-8-20-30(34(29)31)35(36)37-32/h1-5,8-11,14-15,18-24H,6-7,12-13,16-17H2. The lowest BCUT2D eigenvalue weighted by molar-refractivity contribution is 0.804. The van der Waals surface area contributed by atoms with Gasteiger partial charge in [-0.2, -0.15) is 0 Å². The third kappa shape index (κ3) is 4.26. The summed E-state index contributed by atoms with van der Waals surface area (Å²) in [4.78, 5) is 10.7. The molecule has 184 valence electrons. The molecule has 2 aliphatic rings. The van der Waals surface area contributed by atoms with Gasteiger partial charge in [-0.1, -0.05) is 97.1 Å². The zero-order chi connectivity index (χ0) is 25.3. The van der Waals surface area contributed by atoms with E-state index in [2.05, 4.69) is 109 Å². The summed E-state index contributed by atoms with van der Waals surface area (Å²) in [6, 6.07) is 39.5. The van der Waals surface area contributed by atoms with Crippen LogP contribution in [0.25, 0.3) is 10.8 Å². The second kappa shape index (κ2) is 9.87. The summed E-state index contributed by atoms with van der Waals surface area (Å²) in [5.41, 5.74) is 11.9. The highest BCUT2D eigenvalue weighted by molar-refractivity contribution is 6.61. The van der Waals surface area contributed by atoms with Crippen molar-refractivity contribution in [2.24, 2.45) is 9.98 Å². The van der Waals surface area contributed by atoms with Crippen molar-refractivity contribution in [1.82, 2.24) is 0 Å². The van der Waals surface area contributed by atoms with E-state index < -0.39 is 0 Å². The quantitative estimate of drug-likeness (QED) is 0.207. The largest absolute Gasteiger partial charge is 0.246 e. The van der Waals surface area contributed by atoms with Crippen molar-refractivity contribution in [1.29, 1.82) is 0 Å². The van der Waals surface area contributed by atoms with E-state index in [1.54, 1.807) is 0 Å². The van der Waals surface area contributed by atoms with E-state index in [-0.39, 0.29) is 0 Å². The number of rotatable bonds is 0. The van der Waals surface area contributed by atoms with Crippen LogP contribution in [0.2, 0.25) is 0 Å². The maximum atomic E-state index is 5.37. The maximum absolute atomic E-state index is 5.37. The van der Waals surface area contributed by atoms with Gasteiger partial charge in [-0.15, -0.1) is 0 Å². The monoisotopic (exact) mass is 490 g/mol. The molecular weight excluding hydrogens is 460 g/mol. The van der Waals surface area contributed by atoms with Crippen LogP contribution in [0.1, 0.15) is 46.2 Å². The first-order valence-electron chi connectivity index (χ1n) is 13.8. The molecule has 5 aromatic carbocycles. The summed E-state index contributed by atoms with van der Waals surface area (Å²) in [7, 11) is 0. The fourth-order valence-electron chi connectivity index (χ4n) is 6.03. The molecule has 1 aliphatic carbocycles. The Morgan fingerprint density at radius 2 is 0.947 bits per heavy atom. The lowest BCUT2D eigenvalue weighted by Crippen LogP contribution is -2.10. The second-order valence-corrected chi connectivity index (χ2v) is 10.4. The molecule has 0 aromatic heterocycles. The van der Waals surface area contributed by atoms with Gasteiger partial charge in [0.2, 0.25) is 0 Å². The van der Waals surface area contributed by atoms with Crippen molar-refractivity contribution in [2.75, 3.05) is 0 Å². The molecule has 0 N–H and O–H groups in total. The number of hydrogen-bond donors (Lipinski definition) is 0. The molecule has 5 aromatic rings. The van der Waals surface area contributed by atoms with Crippen molar-refractivity contribution >= 4 is 33.6 Å². The van der Waals surface area contributed by atoms with Crippen LogP contribution in [0.4, 0.5) is 11.4 Å². The van der Waals surface area contributed by atoms with Gasteiger partial charge in [-0.25, -0.2) is 9.98 Å². The van der Waals surface area contributed by atoms with Gasteiger partial charge in [-0.3, -0.25) is 0 Å². The fraction of sp³-hybridized carbons (Fsp3) is 0.167. The Balaban J connectivity index is 1.43. The normalized spacial score (nSPS) is 15.1. The molecule has 0 fully saturated rings. The summed E-state index contributed by atoms with van der Waals surface area (Å²) in [5.74, 6) is 0. The molecule has 2 bridgehead atoms. The fourth-order valence-corrected chi connectivity index (χ4v) is 6.03. The van der Waals surface area contributed by atoms with Gasteiger partial charge in [0.15, 0.2) is 0 Å². The summed E-state index contributed by atoms with van der Waals surface area (Å²) >= 11 is 0. The summed E-state index contributed by atoms with van der Waals surface area (Å²) in [6.45, 7) is 0. The topological polar surface area (TPSA) is 24.7 Å². The summed E-state index contributed by atoms with van der Waals surface area (Å²) in [5, 5.41) is 2.50. The second-order valence-electron chi connectivity index (χ2n) is 10.4. The number of hydrogen-bond acceptors (Lipinski definition) is 2. The van der Waals surface area contributed by atoms with Crippen LogP contribution >= 0.6 is 0 Å². The minimum Gasteiger partial charge on any atom is -0.246 e. The molecule has 2 nitrogen and oxygen atoms in total. The van der Waals surface area contributed by atoms with Gasteiger partial charge in [-0.05, 0) is 78.3 Å². The summed E-state index contributed by atoms with van der Waals surface area (Å²) in [6.07, 6.45) is 6.38. The molecule has 0 unspecified atom stereocenters. The molecule has 1 aliphatic heterocycles. The molecule has 0 atom stereocenters. The lowest BCUT2D eigenvalue weighted by Gasteiger charge is -2.10. The van der Waals surface area contributed by atoms with Crippen LogP contribution in [0, 0.1) is 0 Å². The predicted molar refractivity (Wildman–Crippen MR) is 160 cm³/mol. The maximum Gasteiger partial charge on any atom is 0.0978 e. The number of para-hydroxylation sites is 2. The van der Waals surface area contributed by atoms with Crippen LogP contribution in [0.5, 0.6) is 0 Å². The third-order valence-electron chi connectivity index (χ3n) is 7.90. The molecule has 0 saturated carbocycles.